The largest absolute Gasteiger partial charge is 0.482 e. The predicted molar refractivity (Wildman–Crippen MR) is 106 cm³/mol. The summed E-state index contributed by atoms with van der Waals surface area (Å²) in [5, 5.41) is 0. The van der Waals surface area contributed by atoms with Gasteiger partial charge in [-0.15, -0.1) is 0 Å². The Bertz CT molecular complexity index is 1040. The molecule has 4 rings (SSSR count). The van der Waals surface area contributed by atoms with Crippen molar-refractivity contribution in [2.24, 2.45) is 0 Å². The number of fused-ring (bicyclic) bond motifs is 1. The average Bonchev–Trinajstić information content (AvgIpc) is 3.21. The Balaban J connectivity index is 1.33. The predicted octanol–water partition coefficient (Wildman–Crippen LogP) is 4.53. The molecule has 1 aliphatic rings. The summed E-state index contributed by atoms with van der Waals surface area (Å²) in [4.78, 5) is 24.4. The number of ketones is 1. The van der Waals surface area contributed by atoms with E-state index in [1.165, 1.54) is 35.4 Å². The Labute approximate surface area is 167 Å². The molecule has 0 spiro atoms. The molecule has 29 heavy (non-hydrogen) atoms. The Kier molecular flexibility index (Phi) is 5.38. The lowest BCUT2D eigenvalue weighted by atomic mass is 10.0. The Morgan fingerprint density at radius 2 is 1.41 bits per heavy atom. The molecule has 0 radical (unpaired) electrons. The van der Waals surface area contributed by atoms with Gasteiger partial charge in [-0.25, -0.2) is 9.18 Å². The molecular weight excluding hydrogens is 371 g/mol. The zero-order valence-corrected chi connectivity index (χ0v) is 15.7. The van der Waals surface area contributed by atoms with Gasteiger partial charge < -0.3 is 9.47 Å². The van der Waals surface area contributed by atoms with Crippen molar-refractivity contribution in [3.8, 4) is 11.5 Å². The van der Waals surface area contributed by atoms with Crippen molar-refractivity contribution >= 4 is 11.8 Å². The van der Waals surface area contributed by atoms with E-state index in [-0.39, 0.29) is 12.4 Å². The SMILES string of the molecule is O=C(COc1ccc2c(c1)CCC2)Oc1ccc(C(=O)c2ccc(F)cc2)cc1. The smallest absolute Gasteiger partial charge is 0.349 e. The second-order valence-electron chi connectivity index (χ2n) is 6.91. The normalized spacial score (nSPS) is 12.3. The molecule has 1 aliphatic carbocycles. The van der Waals surface area contributed by atoms with Crippen LogP contribution in [0.25, 0.3) is 0 Å². The zero-order chi connectivity index (χ0) is 20.2. The third kappa shape index (κ3) is 4.51. The number of hydrogen-bond donors (Lipinski definition) is 0. The van der Waals surface area contributed by atoms with Gasteiger partial charge in [0, 0.05) is 11.1 Å². The highest BCUT2D eigenvalue weighted by Gasteiger charge is 2.13. The molecule has 0 N–H and O–H groups in total. The number of halogens is 1. The van der Waals surface area contributed by atoms with Gasteiger partial charge in [-0.2, -0.15) is 0 Å². The van der Waals surface area contributed by atoms with Crippen LogP contribution in [0.5, 0.6) is 11.5 Å². The van der Waals surface area contributed by atoms with Crippen LogP contribution in [0.1, 0.15) is 33.5 Å². The minimum atomic E-state index is -0.525. The first-order valence-electron chi connectivity index (χ1n) is 9.44. The number of benzene rings is 3. The molecule has 0 bridgehead atoms. The molecule has 0 saturated heterocycles. The molecule has 0 heterocycles. The molecule has 5 heteroatoms. The molecule has 0 aliphatic heterocycles. The van der Waals surface area contributed by atoms with Crippen LogP contribution in [0, 0.1) is 5.82 Å². The Hall–Kier alpha value is -3.47. The molecule has 3 aromatic rings. The van der Waals surface area contributed by atoms with E-state index in [0.29, 0.717) is 22.6 Å². The van der Waals surface area contributed by atoms with Gasteiger partial charge in [-0.3, -0.25) is 4.79 Å². The van der Waals surface area contributed by atoms with Crippen molar-refractivity contribution in [1.82, 2.24) is 0 Å². The van der Waals surface area contributed by atoms with Crippen LogP contribution in [0.4, 0.5) is 4.39 Å². The molecule has 3 aromatic carbocycles. The minimum Gasteiger partial charge on any atom is -0.482 e. The second kappa shape index (κ2) is 8.27. The van der Waals surface area contributed by atoms with E-state index in [0.717, 1.165) is 19.3 Å². The molecular formula is C24H19FO4. The summed E-state index contributed by atoms with van der Waals surface area (Å²) in [5.41, 5.74) is 3.43. The molecule has 0 saturated carbocycles. The van der Waals surface area contributed by atoms with E-state index >= 15 is 0 Å². The fourth-order valence-corrected chi connectivity index (χ4v) is 3.38. The van der Waals surface area contributed by atoms with Crippen LogP contribution in [-0.4, -0.2) is 18.4 Å². The van der Waals surface area contributed by atoms with Crippen molar-refractivity contribution in [2.75, 3.05) is 6.61 Å². The van der Waals surface area contributed by atoms with E-state index in [1.54, 1.807) is 24.3 Å². The third-order valence-corrected chi connectivity index (χ3v) is 4.88. The number of ether oxygens (including phenoxy) is 2. The summed E-state index contributed by atoms with van der Waals surface area (Å²) in [7, 11) is 0. The van der Waals surface area contributed by atoms with Gasteiger partial charge in [0.1, 0.15) is 17.3 Å². The van der Waals surface area contributed by atoms with Crippen LogP contribution < -0.4 is 9.47 Å². The van der Waals surface area contributed by atoms with E-state index in [1.807, 2.05) is 18.2 Å². The lowest BCUT2D eigenvalue weighted by molar-refractivity contribution is -0.136. The van der Waals surface area contributed by atoms with Crippen molar-refractivity contribution in [2.45, 2.75) is 19.3 Å². The second-order valence-corrected chi connectivity index (χ2v) is 6.91. The van der Waals surface area contributed by atoms with Crippen molar-refractivity contribution < 1.29 is 23.5 Å². The summed E-state index contributed by atoms with van der Waals surface area (Å²) in [5.74, 6) is -0.178. The van der Waals surface area contributed by atoms with Crippen LogP contribution >= 0.6 is 0 Å². The molecule has 0 atom stereocenters. The fourth-order valence-electron chi connectivity index (χ4n) is 3.38. The topological polar surface area (TPSA) is 52.6 Å². The van der Waals surface area contributed by atoms with E-state index in [2.05, 4.69) is 0 Å². The van der Waals surface area contributed by atoms with Crippen molar-refractivity contribution in [3.63, 3.8) is 0 Å². The van der Waals surface area contributed by atoms with E-state index in [4.69, 9.17) is 9.47 Å². The van der Waals surface area contributed by atoms with Gasteiger partial charge in [0.15, 0.2) is 12.4 Å². The average molecular weight is 390 g/mol. The van der Waals surface area contributed by atoms with Gasteiger partial charge >= 0.3 is 5.97 Å². The number of esters is 1. The van der Waals surface area contributed by atoms with E-state index in [9.17, 15) is 14.0 Å². The maximum atomic E-state index is 13.0. The summed E-state index contributed by atoms with van der Waals surface area (Å²) < 4.78 is 23.8. The zero-order valence-electron chi connectivity index (χ0n) is 15.7. The Morgan fingerprint density at radius 1 is 0.793 bits per heavy atom. The first-order valence-corrected chi connectivity index (χ1v) is 9.44. The molecule has 0 fully saturated rings. The number of rotatable bonds is 6. The van der Waals surface area contributed by atoms with E-state index < -0.39 is 11.8 Å². The molecule has 146 valence electrons. The van der Waals surface area contributed by atoms with Crippen LogP contribution in [0.3, 0.4) is 0 Å². The number of carbonyl (C=O) groups excluding carboxylic acids is 2. The summed E-state index contributed by atoms with van der Waals surface area (Å²) in [6.07, 6.45) is 3.29. The third-order valence-electron chi connectivity index (χ3n) is 4.88. The highest BCUT2D eigenvalue weighted by molar-refractivity contribution is 6.09. The fraction of sp³-hybridized carbons (Fsp3) is 0.167. The summed E-state index contributed by atoms with van der Waals surface area (Å²) >= 11 is 0. The molecule has 0 unspecified atom stereocenters. The first-order chi connectivity index (χ1) is 14.1. The number of hydrogen-bond acceptors (Lipinski definition) is 4. The van der Waals surface area contributed by atoms with Crippen LogP contribution in [-0.2, 0) is 17.6 Å². The maximum Gasteiger partial charge on any atom is 0.349 e. The van der Waals surface area contributed by atoms with Gasteiger partial charge in [-0.05, 0) is 91.1 Å². The summed E-state index contributed by atoms with van der Waals surface area (Å²) in [6, 6.07) is 17.5. The lowest BCUT2D eigenvalue weighted by Crippen LogP contribution is -2.17. The van der Waals surface area contributed by atoms with Gasteiger partial charge in [0.25, 0.3) is 0 Å². The quantitative estimate of drug-likeness (QED) is 0.353. The number of aryl methyl sites for hydroxylation is 2. The molecule has 4 nitrogen and oxygen atoms in total. The molecule has 0 amide bonds. The van der Waals surface area contributed by atoms with Crippen LogP contribution in [0.2, 0.25) is 0 Å². The van der Waals surface area contributed by atoms with Crippen molar-refractivity contribution in [1.29, 1.82) is 0 Å². The standard InChI is InChI=1S/C24H19FO4/c25-20-9-4-17(5-10-20)24(27)18-7-11-21(12-8-18)29-23(26)15-28-22-13-6-16-2-1-3-19(16)14-22/h4-14H,1-3,15H2. The monoisotopic (exact) mass is 390 g/mol. The minimum absolute atomic E-state index is 0.199. The summed E-state index contributed by atoms with van der Waals surface area (Å²) in [6.45, 7) is -0.199. The number of carbonyl (C=O) groups is 2. The molecule has 0 aromatic heterocycles. The maximum absolute atomic E-state index is 13.0. The highest BCUT2D eigenvalue weighted by Crippen LogP contribution is 2.26. The van der Waals surface area contributed by atoms with Gasteiger partial charge in [0.2, 0.25) is 0 Å². The first kappa shape index (κ1) is 18.9. The van der Waals surface area contributed by atoms with Gasteiger partial charge in [-0.1, -0.05) is 6.07 Å². The van der Waals surface area contributed by atoms with Crippen molar-refractivity contribution in [3.05, 3.63) is 94.8 Å². The Morgan fingerprint density at radius 3 is 2.14 bits per heavy atom. The highest BCUT2D eigenvalue weighted by atomic mass is 19.1. The lowest BCUT2D eigenvalue weighted by Gasteiger charge is -2.09. The van der Waals surface area contributed by atoms with Gasteiger partial charge in [0.05, 0.1) is 0 Å². The van der Waals surface area contributed by atoms with Crippen LogP contribution in [0.15, 0.2) is 66.7 Å².